The van der Waals surface area contributed by atoms with Crippen molar-refractivity contribution in [3.05, 3.63) is 38.8 Å². The topological polar surface area (TPSA) is 56.7 Å². The summed E-state index contributed by atoms with van der Waals surface area (Å²) in [7, 11) is 0. The maximum absolute atomic E-state index is 6.08. The summed E-state index contributed by atoms with van der Waals surface area (Å²) in [5, 5.41) is 4.03. The number of fused-ring (bicyclic) bond motifs is 1. The fourth-order valence-electron chi connectivity index (χ4n) is 2.16. The van der Waals surface area contributed by atoms with Crippen LogP contribution in [0.2, 0.25) is 10.0 Å². The van der Waals surface area contributed by atoms with Crippen LogP contribution < -0.4 is 5.73 Å². The lowest BCUT2D eigenvalue weighted by Crippen LogP contribution is -2.09. The Morgan fingerprint density at radius 1 is 1.35 bits per heavy atom. The molecule has 7 heteroatoms. The van der Waals surface area contributed by atoms with Crippen molar-refractivity contribution in [2.45, 2.75) is 19.4 Å². The molecule has 104 valence electrons. The molecule has 0 fully saturated rings. The van der Waals surface area contributed by atoms with Gasteiger partial charge in [-0.3, -0.25) is 0 Å². The van der Waals surface area contributed by atoms with Gasteiger partial charge in [-0.05, 0) is 12.1 Å². The SMILES string of the molecule is CC(Cn1c(N)nc2cc(Cl)c(Cl)cc21)c1nccs1. The highest BCUT2D eigenvalue weighted by Crippen LogP contribution is 2.30. The van der Waals surface area contributed by atoms with Gasteiger partial charge in [0.05, 0.1) is 26.1 Å². The minimum atomic E-state index is 0.254. The van der Waals surface area contributed by atoms with Gasteiger partial charge in [-0.25, -0.2) is 9.97 Å². The van der Waals surface area contributed by atoms with Crippen LogP contribution in [0, 0.1) is 0 Å². The van der Waals surface area contributed by atoms with E-state index in [1.807, 2.05) is 16.1 Å². The smallest absolute Gasteiger partial charge is 0.201 e. The number of anilines is 1. The maximum Gasteiger partial charge on any atom is 0.201 e. The zero-order valence-corrected chi connectivity index (χ0v) is 13.0. The average Bonchev–Trinajstić information content (AvgIpc) is 3.01. The third-order valence-corrected chi connectivity index (χ3v) is 4.88. The maximum atomic E-state index is 6.08. The molecule has 1 atom stereocenters. The lowest BCUT2D eigenvalue weighted by Gasteiger charge is -2.12. The van der Waals surface area contributed by atoms with Crippen LogP contribution in [0.1, 0.15) is 17.8 Å². The number of nitrogens with zero attached hydrogens (tertiary/aromatic N) is 3. The molecule has 2 heterocycles. The van der Waals surface area contributed by atoms with E-state index in [0.717, 1.165) is 16.0 Å². The van der Waals surface area contributed by atoms with Gasteiger partial charge in [0, 0.05) is 24.0 Å². The van der Waals surface area contributed by atoms with Gasteiger partial charge in [-0.1, -0.05) is 30.1 Å². The van der Waals surface area contributed by atoms with Gasteiger partial charge in [0.2, 0.25) is 5.95 Å². The number of thiazole rings is 1. The van der Waals surface area contributed by atoms with Crippen molar-refractivity contribution in [3.8, 4) is 0 Å². The number of imidazole rings is 1. The summed E-state index contributed by atoms with van der Waals surface area (Å²) in [6, 6.07) is 3.54. The molecule has 0 aliphatic carbocycles. The molecule has 20 heavy (non-hydrogen) atoms. The molecule has 1 unspecified atom stereocenters. The highest BCUT2D eigenvalue weighted by atomic mass is 35.5. The van der Waals surface area contributed by atoms with Crippen molar-refractivity contribution in [2.24, 2.45) is 0 Å². The fourth-order valence-corrected chi connectivity index (χ4v) is 3.17. The molecule has 3 rings (SSSR count). The summed E-state index contributed by atoms with van der Waals surface area (Å²) < 4.78 is 1.95. The van der Waals surface area contributed by atoms with E-state index in [1.165, 1.54) is 0 Å². The number of hydrogen-bond donors (Lipinski definition) is 1. The number of aromatic nitrogens is 3. The molecule has 0 amide bonds. The molecular formula is C13H12Cl2N4S. The number of benzene rings is 1. The van der Waals surface area contributed by atoms with E-state index < -0.39 is 0 Å². The second-order valence-corrected chi connectivity index (χ2v) is 6.35. The van der Waals surface area contributed by atoms with Crippen LogP contribution in [0.5, 0.6) is 0 Å². The second-order valence-electron chi connectivity index (χ2n) is 4.61. The first kappa shape index (κ1) is 13.7. The molecule has 0 bridgehead atoms. The van der Waals surface area contributed by atoms with Crippen LogP contribution in [0.3, 0.4) is 0 Å². The fraction of sp³-hybridized carbons (Fsp3) is 0.231. The van der Waals surface area contributed by atoms with Crippen molar-refractivity contribution < 1.29 is 0 Å². The third-order valence-electron chi connectivity index (χ3n) is 3.15. The second kappa shape index (κ2) is 5.24. The first-order chi connectivity index (χ1) is 9.56. The van der Waals surface area contributed by atoms with Gasteiger partial charge >= 0.3 is 0 Å². The standard InChI is InChI=1S/C13H12Cl2N4S/c1-7(12-17-2-3-20-12)6-19-11-5-9(15)8(14)4-10(11)18-13(19)16/h2-5,7H,6H2,1H3,(H2,16,18). The predicted molar refractivity (Wildman–Crippen MR) is 84.7 cm³/mol. The van der Waals surface area contributed by atoms with Gasteiger partial charge in [-0.2, -0.15) is 0 Å². The number of halogens is 2. The van der Waals surface area contributed by atoms with Gasteiger partial charge in [0.15, 0.2) is 0 Å². The predicted octanol–water partition coefficient (Wildman–Crippen LogP) is 4.19. The molecule has 1 aromatic carbocycles. The van der Waals surface area contributed by atoms with E-state index in [2.05, 4.69) is 16.9 Å². The summed E-state index contributed by atoms with van der Waals surface area (Å²) >= 11 is 13.7. The Morgan fingerprint density at radius 2 is 2.10 bits per heavy atom. The third kappa shape index (κ3) is 2.37. The van der Waals surface area contributed by atoms with E-state index in [9.17, 15) is 0 Å². The zero-order chi connectivity index (χ0) is 14.3. The minimum absolute atomic E-state index is 0.254. The quantitative estimate of drug-likeness (QED) is 0.785. The Balaban J connectivity index is 2.03. The molecule has 2 aromatic heterocycles. The van der Waals surface area contributed by atoms with Crippen LogP contribution in [-0.4, -0.2) is 14.5 Å². The minimum Gasteiger partial charge on any atom is -0.369 e. The lowest BCUT2D eigenvalue weighted by atomic mass is 10.2. The number of nitrogens with two attached hydrogens (primary N) is 1. The first-order valence-electron chi connectivity index (χ1n) is 6.06. The summed E-state index contributed by atoms with van der Waals surface area (Å²) in [6.07, 6.45) is 1.81. The van der Waals surface area contributed by atoms with E-state index in [1.54, 1.807) is 23.5 Å². The summed E-state index contributed by atoms with van der Waals surface area (Å²) in [6.45, 7) is 2.81. The Hall–Kier alpha value is -1.30. The highest BCUT2D eigenvalue weighted by Gasteiger charge is 2.15. The van der Waals surface area contributed by atoms with Gasteiger partial charge in [-0.15, -0.1) is 11.3 Å². The zero-order valence-electron chi connectivity index (χ0n) is 10.7. The highest BCUT2D eigenvalue weighted by molar-refractivity contribution is 7.09. The number of nitrogen functional groups attached to an aromatic ring is 1. The molecule has 2 N–H and O–H groups in total. The van der Waals surface area contributed by atoms with Crippen LogP contribution in [0.4, 0.5) is 5.95 Å². The Labute approximate surface area is 130 Å². The van der Waals surface area contributed by atoms with E-state index >= 15 is 0 Å². The number of rotatable bonds is 3. The molecule has 0 saturated carbocycles. The molecule has 4 nitrogen and oxygen atoms in total. The van der Waals surface area contributed by atoms with Gasteiger partial charge in [0.1, 0.15) is 0 Å². The lowest BCUT2D eigenvalue weighted by molar-refractivity contribution is 0.614. The summed E-state index contributed by atoms with van der Waals surface area (Å²) in [5.41, 5.74) is 7.65. The average molecular weight is 327 g/mol. The van der Waals surface area contributed by atoms with Crippen LogP contribution in [0.25, 0.3) is 11.0 Å². The summed E-state index contributed by atoms with van der Waals surface area (Å²) in [5.74, 6) is 0.714. The molecular weight excluding hydrogens is 315 g/mol. The largest absolute Gasteiger partial charge is 0.369 e. The van der Waals surface area contributed by atoms with Crippen molar-refractivity contribution >= 4 is 51.5 Å². The Kier molecular flexibility index (Phi) is 3.58. The molecule has 3 aromatic rings. The summed E-state index contributed by atoms with van der Waals surface area (Å²) in [4.78, 5) is 8.66. The van der Waals surface area contributed by atoms with Crippen molar-refractivity contribution in [3.63, 3.8) is 0 Å². The van der Waals surface area contributed by atoms with Crippen LogP contribution in [0.15, 0.2) is 23.7 Å². The van der Waals surface area contributed by atoms with Crippen molar-refractivity contribution in [2.75, 3.05) is 5.73 Å². The van der Waals surface area contributed by atoms with E-state index in [-0.39, 0.29) is 5.92 Å². The molecule has 0 radical (unpaired) electrons. The van der Waals surface area contributed by atoms with Crippen LogP contribution >= 0.6 is 34.5 Å². The number of hydrogen-bond acceptors (Lipinski definition) is 4. The molecule has 0 spiro atoms. The molecule has 0 aliphatic heterocycles. The first-order valence-corrected chi connectivity index (χ1v) is 7.70. The van der Waals surface area contributed by atoms with Gasteiger partial charge in [0.25, 0.3) is 0 Å². The molecule has 0 saturated heterocycles. The van der Waals surface area contributed by atoms with Crippen molar-refractivity contribution in [1.29, 1.82) is 0 Å². The van der Waals surface area contributed by atoms with E-state index in [0.29, 0.717) is 22.5 Å². The Morgan fingerprint density at radius 3 is 2.80 bits per heavy atom. The van der Waals surface area contributed by atoms with Crippen LogP contribution in [-0.2, 0) is 6.54 Å². The Bertz CT molecular complexity index is 751. The van der Waals surface area contributed by atoms with E-state index in [4.69, 9.17) is 28.9 Å². The monoisotopic (exact) mass is 326 g/mol. The normalized spacial score (nSPS) is 12.9. The molecule has 0 aliphatic rings. The van der Waals surface area contributed by atoms with Crippen molar-refractivity contribution in [1.82, 2.24) is 14.5 Å². The van der Waals surface area contributed by atoms with Gasteiger partial charge < -0.3 is 10.3 Å².